The molecule has 1 N–H and O–H groups in total. The summed E-state index contributed by atoms with van der Waals surface area (Å²) in [5.74, 6) is 0.491. The third-order valence-electron chi connectivity index (χ3n) is 2.86. The maximum Gasteiger partial charge on any atom is 0.296 e. The summed E-state index contributed by atoms with van der Waals surface area (Å²) in [6, 6.07) is 6.64. The zero-order valence-electron chi connectivity index (χ0n) is 11.4. The minimum absolute atomic E-state index is 0.00174. The monoisotopic (exact) mass is 276 g/mol. The molecule has 0 aliphatic rings. The first kappa shape index (κ1) is 13.9. The van der Waals surface area contributed by atoms with E-state index in [2.05, 4.69) is 10.4 Å². The number of nitro groups is 1. The van der Waals surface area contributed by atoms with Gasteiger partial charge in [0.15, 0.2) is 0 Å². The van der Waals surface area contributed by atoms with Gasteiger partial charge in [0.05, 0.1) is 29.8 Å². The molecule has 0 saturated carbocycles. The summed E-state index contributed by atoms with van der Waals surface area (Å²) in [6.45, 7) is 2.77. The molecule has 0 aliphatic heterocycles. The molecule has 106 valence electrons. The lowest BCUT2D eigenvalue weighted by Crippen LogP contribution is -2.07. The highest BCUT2D eigenvalue weighted by Crippen LogP contribution is 2.29. The van der Waals surface area contributed by atoms with Crippen LogP contribution in [0, 0.1) is 10.1 Å². The van der Waals surface area contributed by atoms with E-state index in [1.54, 1.807) is 23.0 Å². The number of benzene rings is 1. The van der Waals surface area contributed by atoms with Crippen molar-refractivity contribution < 1.29 is 9.66 Å². The van der Waals surface area contributed by atoms with E-state index in [1.807, 2.05) is 20.0 Å². The number of nitro benzene ring substituents is 1. The van der Waals surface area contributed by atoms with Crippen LogP contribution in [0.15, 0.2) is 30.5 Å². The Bertz CT molecular complexity index is 609. The molecule has 7 heteroatoms. The smallest absolute Gasteiger partial charge is 0.296 e. The lowest BCUT2D eigenvalue weighted by atomic mass is 10.2. The minimum atomic E-state index is -0.423. The second-order valence-corrected chi connectivity index (χ2v) is 4.17. The van der Waals surface area contributed by atoms with E-state index in [4.69, 9.17) is 4.74 Å². The van der Waals surface area contributed by atoms with Crippen molar-refractivity contribution in [3.8, 4) is 5.75 Å². The molecule has 0 fully saturated rings. The Morgan fingerprint density at radius 3 is 2.85 bits per heavy atom. The van der Waals surface area contributed by atoms with Gasteiger partial charge < -0.3 is 10.1 Å². The van der Waals surface area contributed by atoms with Gasteiger partial charge in [-0.15, -0.1) is 0 Å². The van der Waals surface area contributed by atoms with Crippen molar-refractivity contribution in [3.05, 3.63) is 46.3 Å². The average molecular weight is 276 g/mol. The fourth-order valence-electron chi connectivity index (χ4n) is 1.83. The summed E-state index contributed by atoms with van der Waals surface area (Å²) in [7, 11) is 1.82. The van der Waals surface area contributed by atoms with E-state index in [9.17, 15) is 10.1 Å². The second-order valence-electron chi connectivity index (χ2n) is 4.17. The predicted octanol–water partition coefficient (Wildman–Crippen LogP) is 2.34. The van der Waals surface area contributed by atoms with Crippen molar-refractivity contribution in [1.82, 2.24) is 9.78 Å². The summed E-state index contributed by atoms with van der Waals surface area (Å²) in [6.07, 6.45) is 1.68. The number of rotatable bonds is 6. The summed E-state index contributed by atoms with van der Waals surface area (Å²) >= 11 is 0. The van der Waals surface area contributed by atoms with E-state index in [0.29, 0.717) is 24.6 Å². The fourth-order valence-corrected chi connectivity index (χ4v) is 1.83. The molecule has 0 unspecified atom stereocenters. The van der Waals surface area contributed by atoms with Gasteiger partial charge in [-0.1, -0.05) is 0 Å². The molecule has 1 aromatic carbocycles. The molecule has 0 spiro atoms. The number of nitrogens with one attached hydrogen (secondary N) is 1. The van der Waals surface area contributed by atoms with Crippen LogP contribution in [0.25, 0.3) is 0 Å². The quantitative estimate of drug-likeness (QED) is 0.646. The first-order chi connectivity index (χ1) is 9.61. The Labute approximate surface area is 116 Å². The SMILES string of the molecule is CCOc1ccc(NCc2ccnn2C)c([N+](=O)[O-])c1. The number of aryl methyl sites for hydroxylation is 1. The highest BCUT2D eigenvalue weighted by atomic mass is 16.6. The Hall–Kier alpha value is -2.57. The maximum absolute atomic E-state index is 11.1. The van der Waals surface area contributed by atoms with Gasteiger partial charge in [-0.25, -0.2) is 0 Å². The third kappa shape index (κ3) is 3.05. The lowest BCUT2D eigenvalue weighted by Gasteiger charge is -2.09. The number of hydrogen-bond donors (Lipinski definition) is 1. The van der Waals surface area contributed by atoms with E-state index < -0.39 is 4.92 Å². The molecule has 0 amide bonds. The van der Waals surface area contributed by atoms with Crippen molar-refractivity contribution >= 4 is 11.4 Å². The van der Waals surface area contributed by atoms with Crippen molar-refractivity contribution in [3.63, 3.8) is 0 Å². The van der Waals surface area contributed by atoms with Crippen LogP contribution in [0.2, 0.25) is 0 Å². The minimum Gasteiger partial charge on any atom is -0.494 e. The van der Waals surface area contributed by atoms with Gasteiger partial charge >= 0.3 is 0 Å². The van der Waals surface area contributed by atoms with Gasteiger partial charge in [0.25, 0.3) is 5.69 Å². The second kappa shape index (κ2) is 6.05. The molecule has 0 aliphatic carbocycles. The van der Waals surface area contributed by atoms with Gasteiger partial charge in [-0.2, -0.15) is 5.10 Å². The number of hydrogen-bond acceptors (Lipinski definition) is 5. The van der Waals surface area contributed by atoms with Crippen LogP contribution in [-0.2, 0) is 13.6 Å². The summed E-state index contributed by atoms with van der Waals surface area (Å²) in [5, 5.41) is 18.2. The van der Waals surface area contributed by atoms with Gasteiger partial charge in [0.2, 0.25) is 0 Å². The maximum atomic E-state index is 11.1. The first-order valence-corrected chi connectivity index (χ1v) is 6.23. The van der Waals surface area contributed by atoms with Gasteiger partial charge in [0.1, 0.15) is 11.4 Å². The number of nitrogens with zero attached hydrogens (tertiary/aromatic N) is 3. The molecular formula is C13H16N4O3. The normalized spacial score (nSPS) is 10.3. The van der Waals surface area contributed by atoms with Crippen LogP contribution in [-0.4, -0.2) is 21.3 Å². The zero-order valence-corrected chi connectivity index (χ0v) is 11.4. The summed E-state index contributed by atoms with van der Waals surface area (Å²) in [4.78, 5) is 10.7. The third-order valence-corrected chi connectivity index (χ3v) is 2.86. The topological polar surface area (TPSA) is 82.2 Å². The van der Waals surface area contributed by atoms with E-state index >= 15 is 0 Å². The fraction of sp³-hybridized carbons (Fsp3) is 0.308. The van der Waals surface area contributed by atoms with Crippen LogP contribution < -0.4 is 10.1 Å². The zero-order chi connectivity index (χ0) is 14.5. The molecule has 1 heterocycles. The van der Waals surface area contributed by atoms with E-state index in [-0.39, 0.29) is 5.69 Å². The van der Waals surface area contributed by atoms with Gasteiger partial charge in [-0.05, 0) is 25.1 Å². The Morgan fingerprint density at radius 1 is 1.45 bits per heavy atom. The molecule has 0 atom stereocenters. The van der Waals surface area contributed by atoms with Crippen molar-refractivity contribution in [1.29, 1.82) is 0 Å². The standard InChI is InChI=1S/C13H16N4O3/c1-3-20-11-4-5-12(13(8-11)17(18)19)14-9-10-6-7-15-16(10)2/h4-8,14H,3,9H2,1-2H3. The van der Waals surface area contributed by atoms with Crippen molar-refractivity contribution in [2.75, 3.05) is 11.9 Å². The molecule has 2 rings (SSSR count). The summed E-state index contributed by atoms with van der Waals surface area (Å²) < 4.78 is 6.99. The van der Waals surface area contributed by atoms with E-state index in [1.165, 1.54) is 6.07 Å². The molecule has 2 aromatic rings. The molecule has 20 heavy (non-hydrogen) atoms. The van der Waals surface area contributed by atoms with Crippen LogP contribution in [0.5, 0.6) is 5.75 Å². The number of anilines is 1. The summed E-state index contributed by atoms with van der Waals surface area (Å²) in [5.41, 5.74) is 1.39. The average Bonchev–Trinajstić information content (AvgIpc) is 2.83. The highest BCUT2D eigenvalue weighted by molar-refractivity contribution is 5.63. The van der Waals surface area contributed by atoms with Crippen molar-refractivity contribution in [2.24, 2.45) is 7.05 Å². The Morgan fingerprint density at radius 2 is 2.25 bits per heavy atom. The predicted molar refractivity (Wildman–Crippen MR) is 74.8 cm³/mol. The van der Waals surface area contributed by atoms with Gasteiger partial charge in [-0.3, -0.25) is 14.8 Å². The van der Waals surface area contributed by atoms with Crippen LogP contribution >= 0.6 is 0 Å². The molecule has 0 radical (unpaired) electrons. The molecule has 0 saturated heterocycles. The van der Waals surface area contributed by atoms with Crippen LogP contribution in [0.1, 0.15) is 12.6 Å². The molecule has 1 aromatic heterocycles. The largest absolute Gasteiger partial charge is 0.494 e. The molecule has 0 bridgehead atoms. The van der Waals surface area contributed by atoms with Crippen LogP contribution in [0.4, 0.5) is 11.4 Å². The first-order valence-electron chi connectivity index (χ1n) is 6.23. The van der Waals surface area contributed by atoms with E-state index in [0.717, 1.165) is 5.69 Å². The van der Waals surface area contributed by atoms with Gasteiger partial charge in [0, 0.05) is 13.2 Å². The highest BCUT2D eigenvalue weighted by Gasteiger charge is 2.15. The number of aromatic nitrogens is 2. The number of ether oxygens (including phenoxy) is 1. The van der Waals surface area contributed by atoms with Crippen molar-refractivity contribution in [2.45, 2.75) is 13.5 Å². The van der Waals surface area contributed by atoms with Crippen LogP contribution in [0.3, 0.4) is 0 Å². The lowest BCUT2D eigenvalue weighted by molar-refractivity contribution is -0.384. The Kier molecular flexibility index (Phi) is 4.19. The molecular weight excluding hydrogens is 260 g/mol. The Balaban J connectivity index is 2.18. The molecule has 7 nitrogen and oxygen atoms in total.